The van der Waals surface area contributed by atoms with Crippen molar-refractivity contribution in [3.63, 3.8) is 0 Å². The summed E-state index contributed by atoms with van der Waals surface area (Å²) in [6, 6.07) is 4.23. The second-order valence-corrected chi connectivity index (χ2v) is 3.20. The fourth-order valence-electron chi connectivity index (χ4n) is 1.35. The standard InChI is InChI=1S/C8H8N6O2/c9-8(10)4-13-7-2-1-5(14(15)16)3-6(7)11-12-13/h1-3H,4H2,(H3,9,10). The molecule has 0 unspecified atom stereocenters. The molecule has 0 saturated carbocycles. The van der Waals surface area contributed by atoms with Crippen LogP contribution in [-0.4, -0.2) is 25.8 Å². The van der Waals surface area contributed by atoms with Crippen LogP contribution in [0.1, 0.15) is 0 Å². The molecule has 0 fully saturated rings. The number of nitro groups is 1. The van der Waals surface area contributed by atoms with E-state index >= 15 is 0 Å². The molecule has 0 bridgehead atoms. The Morgan fingerprint density at radius 2 is 2.38 bits per heavy atom. The first-order chi connectivity index (χ1) is 7.58. The molecule has 8 heteroatoms. The third kappa shape index (κ3) is 1.67. The van der Waals surface area contributed by atoms with E-state index in [1.54, 1.807) is 0 Å². The summed E-state index contributed by atoms with van der Waals surface area (Å²) in [4.78, 5) is 10.0. The van der Waals surface area contributed by atoms with Gasteiger partial charge in [0, 0.05) is 12.1 Å². The van der Waals surface area contributed by atoms with E-state index in [1.807, 2.05) is 0 Å². The smallest absolute Gasteiger partial charge is 0.271 e. The Kier molecular flexibility index (Phi) is 2.24. The molecule has 0 amide bonds. The van der Waals surface area contributed by atoms with Gasteiger partial charge in [0.1, 0.15) is 17.9 Å². The molecule has 0 radical (unpaired) electrons. The van der Waals surface area contributed by atoms with Gasteiger partial charge in [-0.25, -0.2) is 4.68 Å². The molecular weight excluding hydrogens is 212 g/mol. The van der Waals surface area contributed by atoms with Crippen molar-refractivity contribution in [3.8, 4) is 0 Å². The Morgan fingerprint density at radius 3 is 3.00 bits per heavy atom. The van der Waals surface area contributed by atoms with Crippen molar-refractivity contribution in [1.82, 2.24) is 15.0 Å². The predicted octanol–water partition coefficient (Wildman–Crippen LogP) is 0.275. The Hall–Kier alpha value is -2.51. The van der Waals surface area contributed by atoms with Gasteiger partial charge in [0.2, 0.25) is 0 Å². The lowest BCUT2D eigenvalue weighted by atomic mass is 10.3. The lowest BCUT2D eigenvalue weighted by Gasteiger charge is -1.98. The first-order valence-corrected chi connectivity index (χ1v) is 4.38. The summed E-state index contributed by atoms with van der Waals surface area (Å²) in [5.41, 5.74) is 6.22. The summed E-state index contributed by atoms with van der Waals surface area (Å²) in [5.74, 6) is -0.0508. The number of nitrogens with zero attached hydrogens (tertiary/aromatic N) is 4. The topological polar surface area (TPSA) is 124 Å². The number of aromatic nitrogens is 3. The first kappa shape index (κ1) is 10.0. The van der Waals surface area contributed by atoms with Gasteiger partial charge >= 0.3 is 0 Å². The lowest BCUT2D eigenvalue weighted by Crippen LogP contribution is -2.18. The second-order valence-electron chi connectivity index (χ2n) is 3.20. The number of amidine groups is 1. The third-order valence-electron chi connectivity index (χ3n) is 2.03. The minimum absolute atomic E-state index is 0.0395. The minimum atomic E-state index is -0.497. The molecule has 2 rings (SSSR count). The number of fused-ring (bicyclic) bond motifs is 1. The van der Waals surface area contributed by atoms with Gasteiger partial charge in [0.05, 0.1) is 10.4 Å². The van der Waals surface area contributed by atoms with Crippen LogP contribution in [0, 0.1) is 15.5 Å². The first-order valence-electron chi connectivity index (χ1n) is 4.38. The van der Waals surface area contributed by atoms with Crippen LogP contribution in [0.4, 0.5) is 5.69 Å². The lowest BCUT2D eigenvalue weighted by molar-refractivity contribution is -0.384. The van der Waals surface area contributed by atoms with E-state index in [0.29, 0.717) is 11.0 Å². The molecule has 16 heavy (non-hydrogen) atoms. The highest BCUT2D eigenvalue weighted by Crippen LogP contribution is 2.18. The van der Waals surface area contributed by atoms with Crippen LogP contribution in [0.25, 0.3) is 11.0 Å². The molecule has 1 heterocycles. The van der Waals surface area contributed by atoms with Crippen LogP contribution in [0.3, 0.4) is 0 Å². The molecule has 1 aromatic carbocycles. The zero-order valence-electron chi connectivity index (χ0n) is 8.12. The van der Waals surface area contributed by atoms with Crippen LogP contribution >= 0.6 is 0 Å². The highest BCUT2D eigenvalue weighted by atomic mass is 16.6. The number of non-ortho nitro benzene ring substituents is 1. The quantitative estimate of drug-likeness (QED) is 0.332. The number of hydrogen-bond donors (Lipinski definition) is 2. The van der Waals surface area contributed by atoms with Gasteiger partial charge < -0.3 is 5.73 Å². The molecule has 0 saturated heterocycles. The largest absolute Gasteiger partial charge is 0.386 e. The number of nitrogens with one attached hydrogen (secondary N) is 1. The molecule has 2 aromatic rings. The molecule has 1 aromatic heterocycles. The van der Waals surface area contributed by atoms with E-state index < -0.39 is 4.92 Å². The number of rotatable bonds is 3. The van der Waals surface area contributed by atoms with Crippen molar-refractivity contribution in [2.75, 3.05) is 0 Å². The average molecular weight is 220 g/mol. The number of nitro benzene ring substituents is 1. The normalized spacial score (nSPS) is 10.5. The third-order valence-corrected chi connectivity index (χ3v) is 2.03. The van der Waals surface area contributed by atoms with E-state index in [9.17, 15) is 10.1 Å². The number of hydrogen-bond acceptors (Lipinski definition) is 5. The van der Waals surface area contributed by atoms with E-state index in [1.165, 1.54) is 22.9 Å². The minimum Gasteiger partial charge on any atom is -0.386 e. The average Bonchev–Trinajstić information content (AvgIpc) is 2.60. The van der Waals surface area contributed by atoms with Crippen molar-refractivity contribution >= 4 is 22.6 Å². The van der Waals surface area contributed by atoms with Gasteiger partial charge in [-0.05, 0) is 6.07 Å². The SMILES string of the molecule is N=C(N)Cn1nnc2cc([N+](=O)[O-])ccc21. The van der Waals surface area contributed by atoms with Crippen LogP contribution in [0.15, 0.2) is 18.2 Å². The van der Waals surface area contributed by atoms with E-state index in [-0.39, 0.29) is 18.1 Å². The molecular formula is C8H8N6O2. The summed E-state index contributed by atoms with van der Waals surface area (Å²) in [5, 5.41) is 25.2. The predicted molar refractivity (Wildman–Crippen MR) is 56.1 cm³/mol. The van der Waals surface area contributed by atoms with Crippen molar-refractivity contribution in [3.05, 3.63) is 28.3 Å². The zero-order valence-corrected chi connectivity index (χ0v) is 8.12. The van der Waals surface area contributed by atoms with Gasteiger partial charge in [-0.3, -0.25) is 15.5 Å². The van der Waals surface area contributed by atoms with Crippen molar-refractivity contribution < 1.29 is 4.92 Å². The van der Waals surface area contributed by atoms with Gasteiger partial charge in [-0.15, -0.1) is 5.10 Å². The Labute approximate surface area is 89.3 Å². The van der Waals surface area contributed by atoms with E-state index in [2.05, 4.69) is 10.3 Å². The van der Waals surface area contributed by atoms with Gasteiger partial charge in [0.15, 0.2) is 0 Å². The molecule has 0 aliphatic carbocycles. The number of nitrogens with two attached hydrogens (primary N) is 1. The monoisotopic (exact) mass is 220 g/mol. The molecule has 0 aliphatic heterocycles. The molecule has 0 spiro atoms. The maximum absolute atomic E-state index is 10.5. The van der Waals surface area contributed by atoms with Gasteiger partial charge in [-0.2, -0.15) is 0 Å². The Balaban J connectivity index is 2.50. The summed E-state index contributed by atoms with van der Waals surface area (Å²) in [6.45, 7) is 0.119. The van der Waals surface area contributed by atoms with Crippen LogP contribution in [0.5, 0.6) is 0 Å². The maximum Gasteiger partial charge on any atom is 0.271 e. The molecule has 0 atom stereocenters. The molecule has 0 aliphatic rings. The van der Waals surface area contributed by atoms with Gasteiger partial charge in [0.25, 0.3) is 5.69 Å². The van der Waals surface area contributed by atoms with Crippen LogP contribution < -0.4 is 5.73 Å². The Morgan fingerprint density at radius 1 is 1.62 bits per heavy atom. The fourth-order valence-corrected chi connectivity index (χ4v) is 1.35. The highest BCUT2D eigenvalue weighted by molar-refractivity contribution is 5.81. The molecule has 8 nitrogen and oxygen atoms in total. The fraction of sp³-hybridized carbons (Fsp3) is 0.125. The van der Waals surface area contributed by atoms with Crippen molar-refractivity contribution in [2.24, 2.45) is 5.73 Å². The van der Waals surface area contributed by atoms with Crippen molar-refractivity contribution in [2.45, 2.75) is 6.54 Å². The summed E-state index contributed by atoms with van der Waals surface area (Å²) >= 11 is 0. The summed E-state index contributed by atoms with van der Waals surface area (Å²) < 4.78 is 1.42. The van der Waals surface area contributed by atoms with Crippen molar-refractivity contribution in [1.29, 1.82) is 5.41 Å². The maximum atomic E-state index is 10.5. The van der Waals surface area contributed by atoms with E-state index in [4.69, 9.17) is 11.1 Å². The number of benzene rings is 1. The van der Waals surface area contributed by atoms with Crippen LogP contribution in [0.2, 0.25) is 0 Å². The zero-order chi connectivity index (χ0) is 11.7. The van der Waals surface area contributed by atoms with Gasteiger partial charge in [-0.1, -0.05) is 5.21 Å². The second kappa shape index (κ2) is 3.57. The molecule has 3 N–H and O–H groups in total. The highest BCUT2D eigenvalue weighted by Gasteiger charge is 2.11. The Bertz CT molecular complexity index is 575. The van der Waals surface area contributed by atoms with Crippen LogP contribution in [-0.2, 0) is 6.54 Å². The summed E-state index contributed by atoms with van der Waals surface area (Å²) in [6.07, 6.45) is 0. The molecule has 82 valence electrons. The van der Waals surface area contributed by atoms with E-state index in [0.717, 1.165) is 0 Å². The summed E-state index contributed by atoms with van der Waals surface area (Å²) in [7, 11) is 0.